The van der Waals surface area contributed by atoms with Crippen LogP contribution in [0.25, 0.3) is 11.5 Å². The molecule has 0 amide bonds. The molecule has 20 heavy (non-hydrogen) atoms. The van der Waals surface area contributed by atoms with E-state index in [1.54, 1.807) is 18.3 Å². The summed E-state index contributed by atoms with van der Waals surface area (Å²) in [6.45, 7) is 5.52. The predicted molar refractivity (Wildman–Crippen MR) is 77.3 cm³/mol. The maximum absolute atomic E-state index is 11.7. The van der Waals surface area contributed by atoms with Crippen LogP contribution in [0.15, 0.2) is 28.0 Å². The van der Waals surface area contributed by atoms with Crippen LogP contribution < -0.4 is 5.14 Å². The van der Waals surface area contributed by atoms with Crippen molar-refractivity contribution in [1.82, 2.24) is 19.7 Å². The number of hydrogen-bond donors (Lipinski definition) is 1. The van der Waals surface area contributed by atoms with Crippen molar-refractivity contribution < 1.29 is 8.42 Å². The van der Waals surface area contributed by atoms with E-state index in [1.165, 1.54) is 4.57 Å². The summed E-state index contributed by atoms with van der Waals surface area (Å²) in [5, 5.41) is 12.6. The Morgan fingerprint density at radius 3 is 2.45 bits per heavy atom. The third-order valence-electron chi connectivity index (χ3n) is 2.53. The monoisotopic (exact) mass is 359 g/mol. The Labute approximate surface area is 125 Å². The molecular formula is C11H14BrN5O2S. The first kappa shape index (κ1) is 15.1. The Morgan fingerprint density at radius 1 is 1.30 bits per heavy atom. The third-order valence-corrected chi connectivity index (χ3v) is 3.94. The van der Waals surface area contributed by atoms with Crippen molar-refractivity contribution in [2.24, 2.45) is 5.14 Å². The Bertz CT molecular complexity index is 748. The van der Waals surface area contributed by atoms with Gasteiger partial charge in [0.05, 0.1) is 0 Å². The molecule has 0 saturated heterocycles. The molecule has 2 heterocycles. The SMILES string of the molecule is CC(C)(C)n1c(-c2ncccc2Br)nnc1S(N)(=O)=O. The van der Waals surface area contributed by atoms with Crippen LogP contribution in [0, 0.1) is 0 Å². The molecule has 0 fully saturated rings. The van der Waals surface area contributed by atoms with Crippen molar-refractivity contribution in [3.05, 3.63) is 22.8 Å². The second-order valence-electron chi connectivity index (χ2n) is 5.19. The second-order valence-corrected chi connectivity index (χ2v) is 7.50. The lowest BCUT2D eigenvalue weighted by Crippen LogP contribution is -2.29. The van der Waals surface area contributed by atoms with E-state index in [9.17, 15) is 8.42 Å². The maximum atomic E-state index is 11.7. The first-order valence-electron chi connectivity index (χ1n) is 5.72. The van der Waals surface area contributed by atoms with E-state index in [0.29, 0.717) is 16.0 Å². The number of pyridine rings is 1. The van der Waals surface area contributed by atoms with E-state index < -0.39 is 15.6 Å². The highest BCUT2D eigenvalue weighted by Gasteiger charge is 2.30. The normalized spacial score (nSPS) is 12.7. The zero-order valence-corrected chi connectivity index (χ0v) is 13.6. The number of primary sulfonamides is 1. The molecule has 0 aliphatic rings. The van der Waals surface area contributed by atoms with Crippen LogP contribution in [0.1, 0.15) is 20.8 Å². The van der Waals surface area contributed by atoms with Crippen molar-refractivity contribution in [3.8, 4) is 11.5 Å². The molecule has 2 aromatic rings. The number of halogens is 1. The largest absolute Gasteiger partial charge is 0.290 e. The van der Waals surface area contributed by atoms with E-state index in [1.807, 2.05) is 20.8 Å². The Kier molecular flexibility index (Phi) is 3.69. The number of rotatable bonds is 2. The molecule has 0 unspecified atom stereocenters. The van der Waals surface area contributed by atoms with Crippen molar-refractivity contribution in [2.45, 2.75) is 31.5 Å². The zero-order valence-electron chi connectivity index (χ0n) is 11.2. The van der Waals surface area contributed by atoms with Gasteiger partial charge in [0.2, 0.25) is 0 Å². The standard InChI is InChI=1S/C11H14BrN5O2S/c1-11(2,3)17-9(8-7(12)5-4-6-14-8)15-16-10(17)20(13,18)19/h4-6H,1-3H3,(H2,13,18,19). The minimum Gasteiger partial charge on any atom is -0.290 e. The summed E-state index contributed by atoms with van der Waals surface area (Å²) in [7, 11) is -3.97. The number of hydrogen-bond acceptors (Lipinski definition) is 5. The van der Waals surface area contributed by atoms with Gasteiger partial charge < -0.3 is 0 Å². The summed E-state index contributed by atoms with van der Waals surface area (Å²) in [5.41, 5.74) is -0.0674. The Balaban J connectivity index is 2.81. The van der Waals surface area contributed by atoms with Gasteiger partial charge in [-0.25, -0.2) is 13.6 Å². The number of nitrogens with two attached hydrogens (primary N) is 1. The topological polar surface area (TPSA) is 104 Å². The van der Waals surface area contributed by atoms with Crippen LogP contribution >= 0.6 is 15.9 Å². The third kappa shape index (κ3) is 2.74. The molecule has 108 valence electrons. The highest BCUT2D eigenvalue weighted by atomic mass is 79.9. The number of aromatic nitrogens is 4. The second kappa shape index (κ2) is 4.90. The first-order chi connectivity index (χ1) is 9.12. The molecule has 0 aromatic carbocycles. The molecule has 0 spiro atoms. The minimum absolute atomic E-state index is 0.280. The molecule has 0 aliphatic carbocycles. The van der Waals surface area contributed by atoms with Gasteiger partial charge in [-0.15, -0.1) is 10.2 Å². The molecule has 2 N–H and O–H groups in total. The molecule has 0 saturated carbocycles. The van der Waals surface area contributed by atoms with Gasteiger partial charge >= 0.3 is 0 Å². The highest BCUT2D eigenvalue weighted by Crippen LogP contribution is 2.30. The lowest BCUT2D eigenvalue weighted by Gasteiger charge is -2.24. The zero-order chi connectivity index (χ0) is 15.1. The average Bonchev–Trinajstić information content (AvgIpc) is 2.73. The molecule has 9 heteroatoms. The molecule has 2 rings (SSSR count). The van der Waals surface area contributed by atoms with Crippen molar-refractivity contribution >= 4 is 26.0 Å². The van der Waals surface area contributed by atoms with Gasteiger partial charge in [0.15, 0.2) is 5.82 Å². The van der Waals surface area contributed by atoms with E-state index >= 15 is 0 Å². The highest BCUT2D eigenvalue weighted by molar-refractivity contribution is 9.10. The van der Waals surface area contributed by atoms with Gasteiger partial charge in [-0.05, 0) is 48.8 Å². The first-order valence-corrected chi connectivity index (χ1v) is 8.06. The summed E-state index contributed by atoms with van der Waals surface area (Å²) in [5.74, 6) is 0.342. The van der Waals surface area contributed by atoms with Crippen molar-refractivity contribution in [3.63, 3.8) is 0 Å². The fraction of sp³-hybridized carbons (Fsp3) is 0.364. The maximum Gasteiger partial charge on any atom is 0.273 e. The van der Waals surface area contributed by atoms with E-state index in [2.05, 4.69) is 31.1 Å². The molecule has 0 aliphatic heterocycles. The fourth-order valence-electron chi connectivity index (χ4n) is 1.76. The van der Waals surface area contributed by atoms with Gasteiger partial charge in [-0.1, -0.05) is 0 Å². The van der Waals surface area contributed by atoms with Gasteiger partial charge in [0.25, 0.3) is 15.2 Å². The summed E-state index contributed by atoms with van der Waals surface area (Å²) >= 11 is 3.37. The molecule has 7 nitrogen and oxygen atoms in total. The van der Waals surface area contributed by atoms with Crippen LogP contribution in [0.2, 0.25) is 0 Å². The van der Waals surface area contributed by atoms with Crippen molar-refractivity contribution in [1.29, 1.82) is 0 Å². The summed E-state index contributed by atoms with van der Waals surface area (Å²) in [4.78, 5) is 4.21. The molecule has 0 radical (unpaired) electrons. The smallest absolute Gasteiger partial charge is 0.273 e. The summed E-state index contributed by atoms with van der Waals surface area (Å²) in [6.07, 6.45) is 1.60. The van der Waals surface area contributed by atoms with Gasteiger partial charge in [0, 0.05) is 16.2 Å². The summed E-state index contributed by atoms with van der Waals surface area (Å²) < 4.78 is 25.5. The van der Waals surface area contributed by atoms with Gasteiger partial charge in [-0.2, -0.15) is 0 Å². The van der Waals surface area contributed by atoms with E-state index in [4.69, 9.17) is 5.14 Å². The fourth-order valence-corrected chi connectivity index (χ4v) is 2.96. The van der Waals surface area contributed by atoms with Crippen LogP contribution in [-0.2, 0) is 15.6 Å². The Hall–Kier alpha value is -1.32. The quantitative estimate of drug-likeness (QED) is 0.874. The molecule has 0 atom stereocenters. The van der Waals surface area contributed by atoms with E-state index in [0.717, 1.165) is 0 Å². The van der Waals surface area contributed by atoms with Crippen LogP contribution in [-0.4, -0.2) is 28.2 Å². The average molecular weight is 360 g/mol. The number of nitrogens with zero attached hydrogens (tertiary/aromatic N) is 4. The van der Waals surface area contributed by atoms with Crippen molar-refractivity contribution in [2.75, 3.05) is 0 Å². The van der Waals surface area contributed by atoms with Crippen LogP contribution in [0.4, 0.5) is 0 Å². The number of sulfonamides is 1. The van der Waals surface area contributed by atoms with Crippen LogP contribution in [0.3, 0.4) is 0 Å². The predicted octanol–water partition coefficient (Wildman–Crippen LogP) is 1.50. The van der Waals surface area contributed by atoms with Gasteiger partial charge in [-0.3, -0.25) is 9.55 Å². The van der Waals surface area contributed by atoms with Crippen LogP contribution in [0.5, 0.6) is 0 Å². The van der Waals surface area contributed by atoms with Gasteiger partial charge in [0.1, 0.15) is 5.69 Å². The lowest BCUT2D eigenvalue weighted by atomic mass is 10.1. The summed E-state index contributed by atoms with van der Waals surface area (Å²) in [6, 6.07) is 3.55. The Morgan fingerprint density at radius 2 is 1.95 bits per heavy atom. The molecular weight excluding hydrogens is 346 g/mol. The molecule has 0 bridgehead atoms. The minimum atomic E-state index is -3.97. The molecule has 2 aromatic heterocycles. The lowest BCUT2D eigenvalue weighted by molar-refractivity contribution is 0.365. The van der Waals surface area contributed by atoms with E-state index in [-0.39, 0.29) is 5.16 Å².